The quantitative estimate of drug-likeness (QED) is 0.834. The molecule has 0 aliphatic heterocycles. The minimum Gasteiger partial charge on any atom is -0.469 e. The highest BCUT2D eigenvalue weighted by Gasteiger charge is 2.04. The van der Waals surface area contributed by atoms with Gasteiger partial charge in [0.25, 0.3) is 0 Å². The molecule has 0 aliphatic rings. The van der Waals surface area contributed by atoms with E-state index in [1.165, 1.54) is 0 Å². The third kappa shape index (κ3) is 2.94. The van der Waals surface area contributed by atoms with Crippen molar-refractivity contribution in [3.63, 3.8) is 0 Å². The number of pyridine rings is 1. The average molecular weight is 216 g/mol. The normalized spacial score (nSPS) is 12.6. The molecule has 0 spiro atoms. The van der Waals surface area contributed by atoms with Crippen LogP contribution in [0.5, 0.6) is 0 Å². The van der Waals surface area contributed by atoms with Crippen LogP contribution in [0.25, 0.3) is 0 Å². The first-order valence-corrected chi connectivity index (χ1v) is 5.53. The van der Waals surface area contributed by atoms with E-state index in [4.69, 9.17) is 4.42 Å². The maximum atomic E-state index is 5.27. The molecule has 0 saturated carbocycles. The maximum Gasteiger partial charge on any atom is 0.105 e. The van der Waals surface area contributed by atoms with Gasteiger partial charge < -0.3 is 9.73 Å². The van der Waals surface area contributed by atoms with Gasteiger partial charge in [-0.1, -0.05) is 6.07 Å². The number of nitrogens with one attached hydrogen (secondary N) is 1. The standard InChI is InChI=1S/C13H16N2O/c1-11(13-6-2-3-8-15-13)14-9-7-12-5-4-10-16-12/h2-6,8,10-11,14H,7,9H2,1H3. The van der Waals surface area contributed by atoms with Crippen LogP contribution in [-0.4, -0.2) is 11.5 Å². The SMILES string of the molecule is CC(NCCc1ccco1)c1ccccn1. The number of nitrogens with zero attached hydrogens (tertiary/aromatic N) is 1. The lowest BCUT2D eigenvalue weighted by molar-refractivity contribution is 0.484. The van der Waals surface area contributed by atoms with Crippen molar-refractivity contribution in [2.45, 2.75) is 19.4 Å². The summed E-state index contributed by atoms with van der Waals surface area (Å²) in [5, 5.41) is 3.41. The molecule has 3 nitrogen and oxygen atoms in total. The van der Waals surface area contributed by atoms with Crippen molar-refractivity contribution in [2.24, 2.45) is 0 Å². The predicted molar refractivity (Wildman–Crippen MR) is 63.1 cm³/mol. The zero-order valence-corrected chi connectivity index (χ0v) is 9.39. The van der Waals surface area contributed by atoms with Gasteiger partial charge in [-0.15, -0.1) is 0 Å². The van der Waals surface area contributed by atoms with Crippen LogP contribution in [0.4, 0.5) is 0 Å². The molecule has 2 aromatic heterocycles. The molecule has 0 amide bonds. The van der Waals surface area contributed by atoms with Crippen LogP contribution in [0.15, 0.2) is 47.2 Å². The van der Waals surface area contributed by atoms with Gasteiger partial charge in [0.2, 0.25) is 0 Å². The Labute approximate surface area is 95.5 Å². The van der Waals surface area contributed by atoms with Gasteiger partial charge in [0, 0.05) is 25.2 Å². The number of hydrogen-bond donors (Lipinski definition) is 1. The smallest absolute Gasteiger partial charge is 0.105 e. The molecule has 2 heterocycles. The lowest BCUT2D eigenvalue weighted by atomic mass is 10.2. The number of aromatic nitrogens is 1. The molecule has 84 valence electrons. The Bertz CT molecular complexity index is 397. The summed E-state index contributed by atoms with van der Waals surface area (Å²) in [5.74, 6) is 1.01. The Balaban J connectivity index is 1.78. The van der Waals surface area contributed by atoms with Gasteiger partial charge in [0.15, 0.2) is 0 Å². The van der Waals surface area contributed by atoms with Crippen molar-refractivity contribution < 1.29 is 4.42 Å². The summed E-state index contributed by atoms with van der Waals surface area (Å²) in [7, 11) is 0. The fraction of sp³-hybridized carbons (Fsp3) is 0.308. The van der Waals surface area contributed by atoms with E-state index in [2.05, 4.69) is 17.2 Å². The van der Waals surface area contributed by atoms with Crippen molar-refractivity contribution in [3.05, 3.63) is 54.2 Å². The van der Waals surface area contributed by atoms with Crippen LogP contribution >= 0.6 is 0 Å². The summed E-state index contributed by atoms with van der Waals surface area (Å²) < 4.78 is 5.27. The van der Waals surface area contributed by atoms with Crippen molar-refractivity contribution in [2.75, 3.05) is 6.54 Å². The van der Waals surface area contributed by atoms with E-state index in [0.717, 1.165) is 24.4 Å². The van der Waals surface area contributed by atoms with Gasteiger partial charge in [-0.25, -0.2) is 0 Å². The molecule has 1 unspecified atom stereocenters. The molecule has 3 heteroatoms. The fourth-order valence-corrected chi connectivity index (χ4v) is 1.60. The molecule has 0 aliphatic carbocycles. The largest absolute Gasteiger partial charge is 0.469 e. The highest BCUT2D eigenvalue weighted by Crippen LogP contribution is 2.08. The minimum absolute atomic E-state index is 0.274. The molecule has 2 rings (SSSR count). The highest BCUT2D eigenvalue weighted by molar-refractivity contribution is 5.07. The molecule has 1 atom stereocenters. The van der Waals surface area contributed by atoms with Gasteiger partial charge in [-0.3, -0.25) is 4.98 Å². The Morgan fingerprint density at radius 3 is 2.94 bits per heavy atom. The Hall–Kier alpha value is -1.61. The van der Waals surface area contributed by atoms with Crippen molar-refractivity contribution >= 4 is 0 Å². The molecule has 0 aromatic carbocycles. The summed E-state index contributed by atoms with van der Waals surface area (Å²) in [5.41, 5.74) is 1.07. The van der Waals surface area contributed by atoms with Gasteiger partial charge >= 0.3 is 0 Å². The van der Waals surface area contributed by atoms with E-state index in [1.807, 2.05) is 36.5 Å². The first-order chi connectivity index (χ1) is 7.86. The number of furan rings is 1. The Morgan fingerprint density at radius 2 is 2.25 bits per heavy atom. The molecular weight excluding hydrogens is 200 g/mol. The fourth-order valence-electron chi connectivity index (χ4n) is 1.60. The van der Waals surface area contributed by atoms with Gasteiger partial charge in [-0.05, 0) is 31.2 Å². The highest BCUT2D eigenvalue weighted by atomic mass is 16.3. The van der Waals surface area contributed by atoms with Crippen LogP contribution in [0.3, 0.4) is 0 Å². The number of rotatable bonds is 5. The van der Waals surface area contributed by atoms with Crippen molar-refractivity contribution in [1.82, 2.24) is 10.3 Å². The summed E-state index contributed by atoms with van der Waals surface area (Å²) in [6.07, 6.45) is 4.43. The summed E-state index contributed by atoms with van der Waals surface area (Å²) in [6, 6.07) is 10.2. The second-order valence-corrected chi connectivity index (χ2v) is 3.76. The van der Waals surface area contributed by atoms with Crippen LogP contribution in [0, 0.1) is 0 Å². The topological polar surface area (TPSA) is 38.1 Å². The summed E-state index contributed by atoms with van der Waals surface area (Å²) >= 11 is 0. The third-order valence-electron chi connectivity index (χ3n) is 2.53. The second-order valence-electron chi connectivity index (χ2n) is 3.76. The predicted octanol–water partition coefficient (Wildman–Crippen LogP) is 2.57. The summed E-state index contributed by atoms with van der Waals surface area (Å²) in [6.45, 7) is 3.01. The molecular formula is C13H16N2O. The molecule has 16 heavy (non-hydrogen) atoms. The Morgan fingerprint density at radius 1 is 1.31 bits per heavy atom. The van der Waals surface area contributed by atoms with Gasteiger partial charge in [0.1, 0.15) is 5.76 Å². The third-order valence-corrected chi connectivity index (χ3v) is 2.53. The van der Waals surface area contributed by atoms with Gasteiger partial charge in [-0.2, -0.15) is 0 Å². The van der Waals surface area contributed by atoms with Gasteiger partial charge in [0.05, 0.1) is 12.0 Å². The first-order valence-electron chi connectivity index (χ1n) is 5.53. The molecule has 1 N–H and O–H groups in total. The van der Waals surface area contributed by atoms with E-state index < -0.39 is 0 Å². The van der Waals surface area contributed by atoms with Crippen molar-refractivity contribution in [3.8, 4) is 0 Å². The van der Waals surface area contributed by atoms with Crippen LogP contribution in [0.1, 0.15) is 24.4 Å². The monoisotopic (exact) mass is 216 g/mol. The van der Waals surface area contributed by atoms with E-state index in [0.29, 0.717) is 0 Å². The van der Waals surface area contributed by atoms with E-state index >= 15 is 0 Å². The Kier molecular flexibility index (Phi) is 3.72. The van der Waals surface area contributed by atoms with E-state index in [1.54, 1.807) is 6.26 Å². The number of hydrogen-bond acceptors (Lipinski definition) is 3. The second kappa shape index (κ2) is 5.47. The average Bonchev–Trinajstić information content (AvgIpc) is 2.83. The molecule has 0 saturated heterocycles. The minimum atomic E-state index is 0.274. The van der Waals surface area contributed by atoms with Crippen LogP contribution < -0.4 is 5.32 Å². The molecule has 2 aromatic rings. The zero-order chi connectivity index (χ0) is 11.2. The molecule has 0 fully saturated rings. The first kappa shape index (κ1) is 10.9. The molecule has 0 radical (unpaired) electrons. The van der Waals surface area contributed by atoms with E-state index in [-0.39, 0.29) is 6.04 Å². The molecule has 0 bridgehead atoms. The lowest BCUT2D eigenvalue weighted by Crippen LogP contribution is -2.21. The lowest BCUT2D eigenvalue weighted by Gasteiger charge is -2.12. The maximum absolute atomic E-state index is 5.27. The summed E-state index contributed by atoms with van der Waals surface area (Å²) in [4.78, 5) is 4.31. The van der Waals surface area contributed by atoms with Crippen LogP contribution in [0.2, 0.25) is 0 Å². The van der Waals surface area contributed by atoms with E-state index in [9.17, 15) is 0 Å². The zero-order valence-electron chi connectivity index (χ0n) is 9.39. The van der Waals surface area contributed by atoms with Crippen molar-refractivity contribution in [1.29, 1.82) is 0 Å². The van der Waals surface area contributed by atoms with Crippen LogP contribution in [-0.2, 0) is 6.42 Å².